The number of aryl methyl sites for hydroxylation is 1. The van der Waals surface area contributed by atoms with Crippen LogP contribution in [0.4, 0.5) is 10.3 Å². The van der Waals surface area contributed by atoms with Gasteiger partial charge in [0.2, 0.25) is 5.95 Å². The van der Waals surface area contributed by atoms with Crippen LogP contribution < -0.4 is 10.6 Å². The van der Waals surface area contributed by atoms with Crippen molar-refractivity contribution < 1.29 is 9.18 Å². The van der Waals surface area contributed by atoms with Crippen LogP contribution in [0.3, 0.4) is 0 Å². The number of halogens is 2. The Morgan fingerprint density at radius 2 is 2.07 bits per heavy atom. The molecule has 0 aliphatic carbocycles. The van der Waals surface area contributed by atoms with Gasteiger partial charge in [0, 0.05) is 24.5 Å². The average molecular weight is 391 g/mol. The van der Waals surface area contributed by atoms with Crippen LogP contribution >= 0.6 is 12.4 Å². The number of anilines is 1. The maximum atomic E-state index is 13.4. The summed E-state index contributed by atoms with van der Waals surface area (Å²) in [5, 5.41) is 11.1. The average Bonchev–Trinajstić information content (AvgIpc) is 3.02. The quantitative estimate of drug-likeness (QED) is 0.718. The molecular formula is C18H20ClFN6O. The van der Waals surface area contributed by atoms with Crippen LogP contribution in [0.15, 0.2) is 30.5 Å². The van der Waals surface area contributed by atoms with Gasteiger partial charge in [0.25, 0.3) is 5.91 Å². The number of benzene rings is 1. The molecule has 1 saturated heterocycles. The molecule has 0 spiro atoms. The zero-order chi connectivity index (χ0) is 18.1. The molecular weight excluding hydrogens is 371 g/mol. The minimum atomic E-state index is -0.364. The van der Waals surface area contributed by atoms with Crippen LogP contribution in [0.5, 0.6) is 0 Å². The summed E-state index contributed by atoms with van der Waals surface area (Å²) < 4.78 is 15.0. The first-order valence-electron chi connectivity index (χ1n) is 8.58. The molecule has 142 valence electrons. The van der Waals surface area contributed by atoms with E-state index in [-0.39, 0.29) is 24.1 Å². The molecule has 2 aromatic heterocycles. The van der Waals surface area contributed by atoms with E-state index in [0.717, 1.165) is 31.8 Å². The number of amides is 1. The molecule has 1 aliphatic rings. The van der Waals surface area contributed by atoms with E-state index < -0.39 is 0 Å². The predicted molar refractivity (Wildman–Crippen MR) is 103 cm³/mol. The Labute approximate surface area is 161 Å². The van der Waals surface area contributed by atoms with Crippen molar-refractivity contribution >= 4 is 35.2 Å². The molecule has 27 heavy (non-hydrogen) atoms. The summed E-state index contributed by atoms with van der Waals surface area (Å²) in [6.45, 7) is 1.90. The molecule has 7 nitrogen and oxygen atoms in total. The summed E-state index contributed by atoms with van der Waals surface area (Å²) in [6, 6.07) is 5.90. The van der Waals surface area contributed by atoms with Gasteiger partial charge >= 0.3 is 0 Å². The molecule has 0 saturated carbocycles. The molecule has 0 unspecified atom stereocenters. The highest BCUT2D eigenvalue weighted by Gasteiger charge is 2.21. The van der Waals surface area contributed by atoms with Crippen LogP contribution in [-0.2, 0) is 7.05 Å². The topological polar surface area (TPSA) is 84.7 Å². The van der Waals surface area contributed by atoms with Crippen molar-refractivity contribution in [3.8, 4) is 0 Å². The summed E-state index contributed by atoms with van der Waals surface area (Å²) in [6.07, 6.45) is 3.44. The fourth-order valence-corrected chi connectivity index (χ4v) is 3.17. The first-order chi connectivity index (χ1) is 12.6. The zero-order valence-electron chi connectivity index (χ0n) is 14.8. The van der Waals surface area contributed by atoms with Gasteiger partial charge in [-0.2, -0.15) is 10.1 Å². The van der Waals surface area contributed by atoms with E-state index in [0.29, 0.717) is 28.3 Å². The molecule has 3 heterocycles. The van der Waals surface area contributed by atoms with E-state index in [9.17, 15) is 9.18 Å². The number of carbonyl (C=O) groups excluding carboxylic acids is 1. The van der Waals surface area contributed by atoms with Crippen LogP contribution in [0.1, 0.15) is 34.9 Å². The number of aromatic nitrogens is 4. The number of fused-ring (bicyclic) bond motifs is 1. The number of pyridine rings is 1. The van der Waals surface area contributed by atoms with Crippen molar-refractivity contribution in [2.75, 3.05) is 18.4 Å². The minimum absolute atomic E-state index is 0. The summed E-state index contributed by atoms with van der Waals surface area (Å²) >= 11 is 0. The molecule has 1 aromatic carbocycles. The van der Waals surface area contributed by atoms with Crippen molar-refractivity contribution in [3.63, 3.8) is 0 Å². The SMILES string of the molecule is Cl.Cn1nc(C2CCNCC2)nc1NC(=O)c1cnc2ccc(F)cc2c1. The molecule has 9 heteroatoms. The van der Waals surface area contributed by atoms with Crippen molar-refractivity contribution in [2.24, 2.45) is 7.05 Å². The highest BCUT2D eigenvalue weighted by Crippen LogP contribution is 2.23. The number of rotatable bonds is 3. The fourth-order valence-electron chi connectivity index (χ4n) is 3.17. The second-order valence-corrected chi connectivity index (χ2v) is 6.46. The van der Waals surface area contributed by atoms with E-state index in [2.05, 4.69) is 25.7 Å². The largest absolute Gasteiger partial charge is 0.317 e. The first-order valence-corrected chi connectivity index (χ1v) is 8.58. The molecule has 4 rings (SSSR count). The molecule has 3 aromatic rings. The smallest absolute Gasteiger partial charge is 0.259 e. The Morgan fingerprint density at radius 1 is 1.30 bits per heavy atom. The van der Waals surface area contributed by atoms with Gasteiger partial charge < -0.3 is 5.32 Å². The lowest BCUT2D eigenvalue weighted by Crippen LogP contribution is -2.27. The minimum Gasteiger partial charge on any atom is -0.317 e. The Kier molecular flexibility index (Phi) is 5.67. The van der Waals surface area contributed by atoms with Crippen molar-refractivity contribution in [1.29, 1.82) is 0 Å². The van der Waals surface area contributed by atoms with Crippen LogP contribution in [0.25, 0.3) is 10.9 Å². The molecule has 1 aliphatic heterocycles. The van der Waals surface area contributed by atoms with Crippen LogP contribution in [-0.4, -0.2) is 38.7 Å². The van der Waals surface area contributed by atoms with Crippen LogP contribution in [0.2, 0.25) is 0 Å². The van der Waals surface area contributed by atoms with E-state index in [1.54, 1.807) is 23.9 Å². The van der Waals surface area contributed by atoms with Gasteiger partial charge in [0.1, 0.15) is 5.82 Å². The second kappa shape index (κ2) is 7.98. The zero-order valence-corrected chi connectivity index (χ0v) is 15.6. The number of hydrogen-bond donors (Lipinski definition) is 2. The number of piperidine rings is 1. The van der Waals surface area contributed by atoms with Gasteiger partial charge in [-0.15, -0.1) is 12.4 Å². The molecule has 0 bridgehead atoms. The van der Waals surface area contributed by atoms with Gasteiger partial charge in [-0.3, -0.25) is 15.1 Å². The third kappa shape index (κ3) is 4.06. The third-order valence-electron chi connectivity index (χ3n) is 4.61. The number of hydrogen-bond acceptors (Lipinski definition) is 5. The molecule has 0 atom stereocenters. The summed E-state index contributed by atoms with van der Waals surface area (Å²) in [7, 11) is 1.75. The van der Waals surface area contributed by atoms with Crippen molar-refractivity contribution in [2.45, 2.75) is 18.8 Å². The lowest BCUT2D eigenvalue weighted by Gasteiger charge is -2.19. The number of nitrogens with one attached hydrogen (secondary N) is 2. The first kappa shape index (κ1) is 19.2. The summed E-state index contributed by atoms with van der Waals surface area (Å²) in [5.41, 5.74) is 0.976. The summed E-state index contributed by atoms with van der Waals surface area (Å²) in [4.78, 5) is 21.2. The van der Waals surface area contributed by atoms with Gasteiger partial charge in [-0.1, -0.05) is 0 Å². The van der Waals surface area contributed by atoms with Gasteiger partial charge in [-0.05, 0) is 50.2 Å². The van der Waals surface area contributed by atoms with Gasteiger partial charge in [0.15, 0.2) is 5.82 Å². The molecule has 1 amide bonds. The normalized spacial score (nSPS) is 14.7. The number of nitrogens with zero attached hydrogens (tertiary/aromatic N) is 4. The lowest BCUT2D eigenvalue weighted by molar-refractivity contribution is 0.102. The van der Waals surface area contributed by atoms with Gasteiger partial charge in [-0.25, -0.2) is 9.07 Å². The number of carbonyl (C=O) groups is 1. The maximum Gasteiger partial charge on any atom is 0.259 e. The van der Waals surface area contributed by atoms with E-state index in [4.69, 9.17) is 0 Å². The summed E-state index contributed by atoms with van der Waals surface area (Å²) in [5.74, 6) is 0.733. The lowest BCUT2D eigenvalue weighted by atomic mass is 9.98. The second-order valence-electron chi connectivity index (χ2n) is 6.46. The Hall–Kier alpha value is -2.58. The van der Waals surface area contributed by atoms with Crippen molar-refractivity contribution in [1.82, 2.24) is 25.1 Å². The molecule has 1 fully saturated rings. The predicted octanol–water partition coefficient (Wildman–Crippen LogP) is 2.64. The van der Waals surface area contributed by atoms with E-state index in [1.165, 1.54) is 18.3 Å². The standard InChI is InChI=1S/C18H19FN6O.ClH/c1-25-18(22-16(24-25)11-4-6-20-7-5-11)23-17(26)13-8-12-9-14(19)2-3-15(12)21-10-13;/h2-3,8-11,20H,4-7H2,1H3,(H,22,23,24,26);1H. The van der Waals surface area contributed by atoms with E-state index >= 15 is 0 Å². The van der Waals surface area contributed by atoms with Crippen molar-refractivity contribution in [3.05, 3.63) is 47.7 Å². The van der Waals surface area contributed by atoms with Crippen LogP contribution in [0, 0.1) is 5.82 Å². The fraction of sp³-hybridized carbons (Fsp3) is 0.333. The monoisotopic (exact) mass is 390 g/mol. The highest BCUT2D eigenvalue weighted by molar-refractivity contribution is 6.05. The highest BCUT2D eigenvalue weighted by atomic mass is 35.5. The third-order valence-corrected chi connectivity index (χ3v) is 4.61. The van der Waals surface area contributed by atoms with E-state index in [1.807, 2.05) is 0 Å². The Morgan fingerprint density at radius 3 is 2.85 bits per heavy atom. The molecule has 2 N–H and O–H groups in total. The molecule has 0 radical (unpaired) electrons. The van der Waals surface area contributed by atoms with Gasteiger partial charge in [0.05, 0.1) is 11.1 Å². The Bertz CT molecular complexity index is 970. The maximum absolute atomic E-state index is 13.4. The Balaban J connectivity index is 0.00000210.